The summed E-state index contributed by atoms with van der Waals surface area (Å²) in [4.78, 5) is 20.4. The number of ether oxygens (including phenoxy) is 1. The Labute approximate surface area is 185 Å². The summed E-state index contributed by atoms with van der Waals surface area (Å²) in [6.07, 6.45) is 3.69. The molecule has 3 aromatic rings. The van der Waals surface area contributed by atoms with Gasteiger partial charge in [0.25, 0.3) is 0 Å². The predicted molar refractivity (Wildman–Crippen MR) is 120 cm³/mol. The van der Waals surface area contributed by atoms with Crippen molar-refractivity contribution < 1.29 is 13.9 Å². The Hall–Kier alpha value is -2.73. The molecule has 1 saturated heterocycles. The molecule has 2 heterocycles. The molecule has 1 atom stereocenters. The maximum Gasteiger partial charge on any atom is 0.233 e. The monoisotopic (exact) mass is 436 g/mol. The molecule has 6 heteroatoms. The number of para-hydroxylation sites is 1. The predicted octanol–water partition coefficient (Wildman–Crippen LogP) is 5.40. The maximum atomic E-state index is 13.5. The first-order valence-corrected chi connectivity index (χ1v) is 11.6. The van der Waals surface area contributed by atoms with Crippen LogP contribution >= 0.6 is 11.3 Å². The smallest absolute Gasteiger partial charge is 0.233 e. The van der Waals surface area contributed by atoms with E-state index in [2.05, 4.69) is 5.38 Å². The van der Waals surface area contributed by atoms with Crippen LogP contribution in [0.4, 0.5) is 4.39 Å². The Morgan fingerprint density at radius 3 is 2.71 bits per heavy atom. The Morgan fingerprint density at radius 2 is 1.97 bits per heavy atom. The van der Waals surface area contributed by atoms with E-state index in [1.807, 2.05) is 29.2 Å². The van der Waals surface area contributed by atoms with Gasteiger partial charge in [0.05, 0.1) is 23.2 Å². The van der Waals surface area contributed by atoms with Crippen LogP contribution in [0.2, 0.25) is 0 Å². The normalized spacial score (nSPS) is 19.8. The molecule has 160 valence electrons. The molecule has 0 N–H and O–H groups in total. The van der Waals surface area contributed by atoms with E-state index in [-0.39, 0.29) is 17.6 Å². The number of hydrogen-bond donors (Lipinski definition) is 0. The molecule has 5 rings (SSSR count). The molecule has 4 nitrogen and oxygen atoms in total. The number of benzene rings is 2. The van der Waals surface area contributed by atoms with Crippen LogP contribution in [0.5, 0.6) is 5.75 Å². The van der Waals surface area contributed by atoms with Gasteiger partial charge in [0.1, 0.15) is 11.6 Å². The Balaban J connectivity index is 1.34. The first-order valence-electron chi connectivity index (χ1n) is 10.7. The van der Waals surface area contributed by atoms with Gasteiger partial charge in [0, 0.05) is 30.0 Å². The Kier molecular flexibility index (Phi) is 5.26. The molecule has 1 saturated carbocycles. The number of hydrogen-bond acceptors (Lipinski definition) is 4. The van der Waals surface area contributed by atoms with E-state index in [1.54, 1.807) is 30.6 Å². The zero-order valence-corrected chi connectivity index (χ0v) is 18.3. The molecule has 0 spiro atoms. The fraction of sp³-hybridized carbons (Fsp3) is 0.360. The van der Waals surface area contributed by atoms with Crippen molar-refractivity contribution in [2.75, 3.05) is 20.2 Å². The van der Waals surface area contributed by atoms with E-state index in [0.29, 0.717) is 6.54 Å². The van der Waals surface area contributed by atoms with Crippen LogP contribution in [0.1, 0.15) is 42.2 Å². The molecule has 1 amide bonds. The van der Waals surface area contributed by atoms with E-state index < -0.39 is 5.41 Å². The van der Waals surface area contributed by atoms with Crippen LogP contribution < -0.4 is 4.74 Å². The van der Waals surface area contributed by atoms with Crippen LogP contribution in [0.3, 0.4) is 0 Å². The molecule has 2 aliphatic rings. The SMILES string of the molecule is COc1ccccc1-c1csc(C2CCCN(C(=O)C3(c4ccc(F)cc4)CC3)C2)n1. The number of aromatic nitrogens is 1. The second-order valence-electron chi connectivity index (χ2n) is 8.45. The average molecular weight is 437 g/mol. The lowest BCUT2D eigenvalue weighted by molar-refractivity contribution is -0.135. The van der Waals surface area contributed by atoms with Gasteiger partial charge in [-0.1, -0.05) is 24.3 Å². The number of likely N-dealkylation sites (tertiary alicyclic amines) is 1. The molecular formula is C25H25FN2O2S. The lowest BCUT2D eigenvalue weighted by Crippen LogP contribution is -2.44. The van der Waals surface area contributed by atoms with Crippen LogP contribution in [0, 0.1) is 5.82 Å². The lowest BCUT2D eigenvalue weighted by Gasteiger charge is -2.34. The van der Waals surface area contributed by atoms with Gasteiger partial charge in [-0.25, -0.2) is 9.37 Å². The number of methoxy groups -OCH3 is 1. The van der Waals surface area contributed by atoms with Crippen molar-refractivity contribution in [1.82, 2.24) is 9.88 Å². The topological polar surface area (TPSA) is 42.4 Å². The highest BCUT2D eigenvalue weighted by Crippen LogP contribution is 2.50. The molecule has 1 aromatic heterocycles. The van der Waals surface area contributed by atoms with Gasteiger partial charge in [0.15, 0.2) is 0 Å². The molecule has 0 radical (unpaired) electrons. The summed E-state index contributed by atoms with van der Waals surface area (Å²) in [5.41, 5.74) is 2.39. The number of carbonyl (C=O) groups is 1. The van der Waals surface area contributed by atoms with Crippen LogP contribution in [-0.2, 0) is 10.2 Å². The molecule has 0 bridgehead atoms. The van der Waals surface area contributed by atoms with E-state index in [1.165, 1.54) is 12.1 Å². The highest BCUT2D eigenvalue weighted by atomic mass is 32.1. The van der Waals surface area contributed by atoms with Gasteiger partial charge in [-0.05, 0) is 55.5 Å². The first kappa shape index (κ1) is 20.2. The number of thiazole rings is 1. The van der Waals surface area contributed by atoms with Crippen molar-refractivity contribution in [2.24, 2.45) is 0 Å². The molecule has 1 unspecified atom stereocenters. The minimum atomic E-state index is -0.457. The molecule has 31 heavy (non-hydrogen) atoms. The van der Waals surface area contributed by atoms with Gasteiger partial charge >= 0.3 is 0 Å². The van der Waals surface area contributed by atoms with Gasteiger partial charge in [0.2, 0.25) is 5.91 Å². The van der Waals surface area contributed by atoms with Crippen molar-refractivity contribution in [3.8, 4) is 17.0 Å². The summed E-state index contributed by atoms with van der Waals surface area (Å²) in [5, 5.41) is 3.15. The largest absolute Gasteiger partial charge is 0.496 e. The molecule has 1 aliphatic carbocycles. The fourth-order valence-electron chi connectivity index (χ4n) is 4.64. The summed E-state index contributed by atoms with van der Waals surface area (Å²) >= 11 is 1.66. The number of carbonyl (C=O) groups excluding carboxylic acids is 1. The van der Waals surface area contributed by atoms with Crippen molar-refractivity contribution in [2.45, 2.75) is 37.0 Å². The summed E-state index contributed by atoms with van der Waals surface area (Å²) < 4.78 is 18.8. The van der Waals surface area contributed by atoms with Crippen molar-refractivity contribution in [3.63, 3.8) is 0 Å². The number of piperidine rings is 1. The van der Waals surface area contributed by atoms with E-state index >= 15 is 0 Å². The fourth-order valence-corrected chi connectivity index (χ4v) is 5.59. The second kappa shape index (κ2) is 8.08. The molecule has 2 aromatic carbocycles. The number of rotatable bonds is 5. The van der Waals surface area contributed by atoms with Gasteiger partial charge < -0.3 is 9.64 Å². The molecule has 2 fully saturated rings. The number of halogens is 1. The van der Waals surface area contributed by atoms with Crippen molar-refractivity contribution in [1.29, 1.82) is 0 Å². The Bertz CT molecular complexity index is 1090. The van der Waals surface area contributed by atoms with Crippen molar-refractivity contribution in [3.05, 3.63) is 70.3 Å². The zero-order valence-electron chi connectivity index (χ0n) is 17.5. The summed E-state index contributed by atoms with van der Waals surface area (Å²) in [6, 6.07) is 14.3. The van der Waals surface area contributed by atoms with Crippen LogP contribution in [0.15, 0.2) is 53.9 Å². The highest BCUT2D eigenvalue weighted by Gasteiger charge is 2.53. The quantitative estimate of drug-likeness (QED) is 0.538. The van der Waals surface area contributed by atoms with Crippen molar-refractivity contribution >= 4 is 17.2 Å². The van der Waals surface area contributed by atoms with Crippen LogP contribution in [-0.4, -0.2) is 36.0 Å². The zero-order chi connectivity index (χ0) is 21.4. The summed E-state index contributed by atoms with van der Waals surface area (Å²) in [7, 11) is 1.67. The first-order chi connectivity index (χ1) is 15.1. The van der Waals surface area contributed by atoms with E-state index in [4.69, 9.17) is 9.72 Å². The lowest BCUT2D eigenvalue weighted by atomic mass is 9.91. The Morgan fingerprint density at radius 1 is 1.19 bits per heavy atom. The standard InChI is InChI=1S/C25H25FN2O2S/c1-30-22-7-3-2-6-20(22)21-16-31-23(27-21)17-5-4-14-28(15-17)24(29)25(12-13-25)18-8-10-19(26)11-9-18/h2-3,6-11,16-17H,4-5,12-15H2,1H3. The summed E-state index contributed by atoms with van der Waals surface area (Å²) in [6.45, 7) is 1.48. The van der Waals surface area contributed by atoms with Gasteiger partial charge in [-0.3, -0.25) is 4.79 Å². The highest BCUT2D eigenvalue weighted by molar-refractivity contribution is 7.10. The van der Waals surface area contributed by atoms with Gasteiger partial charge in [-0.2, -0.15) is 0 Å². The number of amides is 1. The molecular weight excluding hydrogens is 411 g/mol. The minimum Gasteiger partial charge on any atom is -0.496 e. The number of nitrogens with zero attached hydrogens (tertiary/aromatic N) is 2. The van der Waals surface area contributed by atoms with Gasteiger partial charge in [-0.15, -0.1) is 11.3 Å². The van der Waals surface area contributed by atoms with E-state index in [0.717, 1.165) is 59.8 Å². The average Bonchev–Trinajstić information content (AvgIpc) is 3.48. The van der Waals surface area contributed by atoms with Crippen LogP contribution in [0.25, 0.3) is 11.3 Å². The van der Waals surface area contributed by atoms with E-state index in [9.17, 15) is 9.18 Å². The minimum absolute atomic E-state index is 0.185. The maximum absolute atomic E-state index is 13.5. The second-order valence-corrected chi connectivity index (χ2v) is 9.34. The molecule has 1 aliphatic heterocycles. The third kappa shape index (κ3) is 3.74. The summed E-state index contributed by atoms with van der Waals surface area (Å²) in [5.74, 6) is 0.981. The third-order valence-electron chi connectivity index (χ3n) is 6.52. The third-order valence-corrected chi connectivity index (χ3v) is 7.53.